The fraction of sp³-hybridized carbons (Fsp3) is 0.211. The SMILES string of the molecule is CO/C=C(/C(=O)O)c1cccc(C)c1COc1ccc(C(F)(F)F)cc1Cl. The van der Waals surface area contributed by atoms with Crippen LogP contribution in [-0.2, 0) is 22.3 Å². The van der Waals surface area contributed by atoms with Crippen LogP contribution in [0.2, 0.25) is 5.02 Å². The van der Waals surface area contributed by atoms with Gasteiger partial charge < -0.3 is 14.6 Å². The largest absolute Gasteiger partial charge is 0.503 e. The van der Waals surface area contributed by atoms with Crippen LogP contribution in [0.15, 0.2) is 42.7 Å². The van der Waals surface area contributed by atoms with E-state index in [1.54, 1.807) is 25.1 Å². The zero-order chi connectivity index (χ0) is 20.2. The third-order valence-corrected chi connectivity index (χ3v) is 4.09. The van der Waals surface area contributed by atoms with E-state index in [0.29, 0.717) is 11.1 Å². The number of rotatable bonds is 6. The maximum atomic E-state index is 12.7. The van der Waals surface area contributed by atoms with Gasteiger partial charge in [0.05, 0.1) is 24.0 Å². The minimum atomic E-state index is -4.51. The Kier molecular flexibility index (Phi) is 6.38. The number of benzene rings is 2. The van der Waals surface area contributed by atoms with Crippen molar-refractivity contribution in [1.29, 1.82) is 0 Å². The van der Waals surface area contributed by atoms with E-state index in [9.17, 15) is 23.1 Å². The smallest absolute Gasteiger partial charge is 0.416 e. The zero-order valence-corrected chi connectivity index (χ0v) is 15.2. The number of carboxylic acid groups (broad SMARTS) is 1. The monoisotopic (exact) mass is 400 g/mol. The minimum Gasteiger partial charge on any atom is -0.503 e. The van der Waals surface area contributed by atoms with Crippen LogP contribution in [0.5, 0.6) is 5.75 Å². The lowest BCUT2D eigenvalue weighted by Gasteiger charge is -2.15. The lowest BCUT2D eigenvalue weighted by molar-refractivity contribution is -0.137. The van der Waals surface area contributed by atoms with E-state index >= 15 is 0 Å². The van der Waals surface area contributed by atoms with Crippen molar-refractivity contribution < 1.29 is 32.5 Å². The summed E-state index contributed by atoms with van der Waals surface area (Å²) in [5.74, 6) is -1.12. The average molecular weight is 401 g/mol. The standard InChI is InChI=1S/C19H16ClF3O4/c1-11-4-3-5-13(15(9-26-2)18(24)25)14(11)10-27-17-7-6-12(8-16(17)20)19(21,22)23/h3-9H,10H2,1-2H3,(H,24,25)/b15-9+. The molecule has 0 aromatic heterocycles. The molecule has 0 bridgehead atoms. The maximum absolute atomic E-state index is 12.7. The molecule has 144 valence electrons. The van der Waals surface area contributed by atoms with E-state index in [1.807, 2.05) is 0 Å². The van der Waals surface area contributed by atoms with Crippen molar-refractivity contribution in [3.8, 4) is 5.75 Å². The van der Waals surface area contributed by atoms with E-state index in [2.05, 4.69) is 0 Å². The topological polar surface area (TPSA) is 55.8 Å². The molecule has 0 saturated heterocycles. The number of hydrogen-bond donors (Lipinski definition) is 1. The van der Waals surface area contributed by atoms with Gasteiger partial charge in [0.15, 0.2) is 0 Å². The van der Waals surface area contributed by atoms with Gasteiger partial charge in [-0.05, 0) is 36.2 Å². The summed E-state index contributed by atoms with van der Waals surface area (Å²) in [6.45, 7) is 1.68. The second-order valence-corrected chi connectivity index (χ2v) is 6.01. The molecule has 2 aromatic carbocycles. The second kappa shape index (κ2) is 8.35. The summed E-state index contributed by atoms with van der Waals surface area (Å²) in [5, 5.41) is 9.20. The first-order chi connectivity index (χ1) is 12.6. The van der Waals surface area contributed by atoms with Gasteiger partial charge in [-0.2, -0.15) is 13.2 Å². The molecule has 2 aromatic rings. The molecule has 4 nitrogen and oxygen atoms in total. The number of alkyl halides is 3. The minimum absolute atomic E-state index is 0.0615. The summed E-state index contributed by atoms with van der Waals surface area (Å²) in [7, 11) is 1.33. The van der Waals surface area contributed by atoms with Crippen molar-refractivity contribution in [2.45, 2.75) is 19.7 Å². The Labute approximate surface area is 158 Å². The number of aryl methyl sites for hydroxylation is 1. The molecule has 27 heavy (non-hydrogen) atoms. The highest BCUT2D eigenvalue weighted by molar-refractivity contribution is 6.32. The molecular formula is C19H16ClF3O4. The predicted octanol–water partition coefficient (Wildman–Crippen LogP) is 5.32. The Balaban J connectivity index is 2.34. The van der Waals surface area contributed by atoms with E-state index in [4.69, 9.17) is 21.1 Å². The molecule has 0 radical (unpaired) electrons. The third-order valence-electron chi connectivity index (χ3n) is 3.80. The van der Waals surface area contributed by atoms with Crippen LogP contribution in [-0.4, -0.2) is 18.2 Å². The second-order valence-electron chi connectivity index (χ2n) is 5.61. The molecule has 0 aliphatic heterocycles. The van der Waals surface area contributed by atoms with Crippen LogP contribution in [0.4, 0.5) is 13.2 Å². The number of carbonyl (C=O) groups is 1. The third kappa shape index (κ3) is 4.95. The molecule has 0 amide bonds. The van der Waals surface area contributed by atoms with Crippen molar-refractivity contribution in [3.05, 3.63) is 69.9 Å². The van der Waals surface area contributed by atoms with Crippen molar-refractivity contribution in [2.24, 2.45) is 0 Å². The molecule has 0 spiro atoms. The van der Waals surface area contributed by atoms with E-state index in [0.717, 1.165) is 30.0 Å². The van der Waals surface area contributed by atoms with Gasteiger partial charge in [0.1, 0.15) is 17.9 Å². The van der Waals surface area contributed by atoms with E-state index in [-0.39, 0.29) is 23.0 Å². The molecule has 8 heteroatoms. The molecule has 0 aliphatic rings. The molecule has 0 heterocycles. The first-order valence-corrected chi connectivity index (χ1v) is 8.07. The van der Waals surface area contributed by atoms with Crippen LogP contribution >= 0.6 is 11.6 Å². The summed E-state index contributed by atoms with van der Waals surface area (Å²) in [6, 6.07) is 7.83. The summed E-state index contributed by atoms with van der Waals surface area (Å²) in [4.78, 5) is 11.5. The average Bonchev–Trinajstić information content (AvgIpc) is 2.58. The number of aliphatic carboxylic acids is 1. The van der Waals surface area contributed by atoms with Crippen LogP contribution < -0.4 is 4.74 Å². The van der Waals surface area contributed by atoms with E-state index in [1.165, 1.54) is 7.11 Å². The molecular weight excluding hydrogens is 385 g/mol. The van der Waals surface area contributed by atoms with Gasteiger partial charge in [-0.1, -0.05) is 29.8 Å². The number of ether oxygens (including phenoxy) is 2. The Morgan fingerprint density at radius 2 is 1.96 bits per heavy atom. The zero-order valence-electron chi connectivity index (χ0n) is 14.4. The summed E-state index contributed by atoms with van der Waals surface area (Å²) >= 11 is 5.89. The lowest BCUT2D eigenvalue weighted by atomic mass is 9.97. The number of methoxy groups -OCH3 is 1. The quantitative estimate of drug-likeness (QED) is 0.527. The van der Waals surface area contributed by atoms with E-state index < -0.39 is 17.7 Å². The summed E-state index contributed by atoms with van der Waals surface area (Å²) in [5.41, 5.74) is 0.733. The van der Waals surface area contributed by atoms with Gasteiger partial charge in [-0.15, -0.1) is 0 Å². The van der Waals surface area contributed by atoms with Gasteiger partial charge in [0.2, 0.25) is 0 Å². The van der Waals surface area contributed by atoms with Crippen LogP contribution in [0.25, 0.3) is 5.57 Å². The number of halogens is 4. The van der Waals surface area contributed by atoms with Gasteiger partial charge >= 0.3 is 12.1 Å². The van der Waals surface area contributed by atoms with Crippen LogP contribution in [0.1, 0.15) is 22.3 Å². The van der Waals surface area contributed by atoms with Crippen molar-refractivity contribution in [1.82, 2.24) is 0 Å². The number of carboxylic acids is 1. The van der Waals surface area contributed by atoms with Gasteiger partial charge in [0.25, 0.3) is 0 Å². The van der Waals surface area contributed by atoms with Crippen molar-refractivity contribution >= 4 is 23.1 Å². The first-order valence-electron chi connectivity index (χ1n) is 7.69. The van der Waals surface area contributed by atoms with Crippen molar-refractivity contribution in [3.63, 3.8) is 0 Å². The van der Waals surface area contributed by atoms with Gasteiger partial charge in [-0.25, -0.2) is 4.79 Å². The van der Waals surface area contributed by atoms with Crippen LogP contribution in [0.3, 0.4) is 0 Å². The highest BCUT2D eigenvalue weighted by Crippen LogP contribution is 2.35. The fourth-order valence-electron chi connectivity index (χ4n) is 2.44. The molecule has 0 unspecified atom stereocenters. The Bertz CT molecular complexity index is 876. The highest BCUT2D eigenvalue weighted by atomic mass is 35.5. The fourth-order valence-corrected chi connectivity index (χ4v) is 2.67. The molecule has 2 rings (SSSR count). The Morgan fingerprint density at radius 3 is 2.52 bits per heavy atom. The predicted molar refractivity (Wildman–Crippen MR) is 94.6 cm³/mol. The molecule has 0 atom stereocenters. The first kappa shape index (κ1) is 20.6. The van der Waals surface area contributed by atoms with Crippen molar-refractivity contribution in [2.75, 3.05) is 7.11 Å². The molecule has 0 fully saturated rings. The Hall–Kier alpha value is -2.67. The van der Waals surface area contributed by atoms with Gasteiger partial charge in [-0.3, -0.25) is 0 Å². The summed E-state index contributed by atoms with van der Waals surface area (Å²) < 4.78 is 48.6. The van der Waals surface area contributed by atoms with Crippen LogP contribution in [0, 0.1) is 6.92 Å². The highest BCUT2D eigenvalue weighted by Gasteiger charge is 2.31. The normalized spacial score (nSPS) is 12.0. The Morgan fingerprint density at radius 1 is 1.26 bits per heavy atom. The van der Waals surface area contributed by atoms with Gasteiger partial charge in [0, 0.05) is 5.56 Å². The lowest BCUT2D eigenvalue weighted by Crippen LogP contribution is -2.08. The maximum Gasteiger partial charge on any atom is 0.416 e. The molecule has 0 saturated carbocycles. The molecule has 0 aliphatic carbocycles. The number of hydrogen-bond acceptors (Lipinski definition) is 3. The summed E-state index contributed by atoms with van der Waals surface area (Å²) in [6.07, 6.45) is -3.40. The molecule has 1 N–H and O–H groups in total.